The number of hydrogen-bond acceptors (Lipinski definition) is 2. The zero-order valence-electron chi connectivity index (χ0n) is 18.0. The van der Waals surface area contributed by atoms with Crippen molar-refractivity contribution in [3.8, 4) is 0 Å². The number of aromatic amines is 1. The van der Waals surface area contributed by atoms with Crippen LogP contribution in [0.3, 0.4) is 0 Å². The molecular formula is C26H29N3O2. The molecular weight excluding hydrogens is 386 g/mol. The average Bonchev–Trinajstić information content (AvgIpc) is 3.21. The molecule has 0 atom stereocenters. The molecule has 1 aliphatic heterocycles. The number of nitrogens with zero attached hydrogens (tertiary/aromatic N) is 1. The van der Waals surface area contributed by atoms with Crippen LogP contribution in [0.2, 0.25) is 0 Å². The molecule has 1 aliphatic rings. The molecule has 31 heavy (non-hydrogen) atoms. The van der Waals surface area contributed by atoms with E-state index >= 15 is 0 Å². The third-order valence-corrected chi connectivity index (χ3v) is 6.47. The molecule has 1 fully saturated rings. The molecule has 2 amide bonds. The van der Waals surface area contributed by atoms with Crippen LogP contribution in [0.5, 0.6) is 0 Å². The minimum Gasteiger partial charge on any atom is -0.361 e. The number of carbonyl (C=O) groups is 2. The molecule has 1 saturated heterocycles. The summed E-state index contributed by atoms with van der Waals surface area (Å²) < 4.78 is 0. The summed E-state index contributed by atoms with van der Waals surface area (Å²) in [5.74, 6) is -0.0304. The van der Waals surface area contributed by atoms with Crippen LogP contribution in [0.15, 0.2) is 67.4 Å². The van der Waals surface area contributed by atoms with E-state index < -0.39 is 5.41 Å². The molecule has 0 unspecified atom stereocenters. The number of carbonyl (C=O) groups excluding carboxylic acids is 2. The Hall–Kier alpha value is -3.34. The Morgan fingerprint density at radius 1 is 1.16 bits per heavy atom. The fraction of sp³-hybridized carbons (Fsp3) is 0.308. The van der Waals surface area contributed by atoms with Crippen molar-refractivity contribution in [3.05, 3.63) is 84.1 Å². The summed E-state index contributed by atoms with van der Waals surface area (Å²) in [6.07, 6.45) is 5.35. The van der Waals surface area contributed by atoms with E-state index in [0.717, 1.165) is 17.5 Å². The van der Waals surface area contributed by atoms with Gasteiger partial charge in [0.15, 0.2) is 0 Å². The van der Waals surface area contributed by atoms with Gasteiger partial charge in [-0.25, -0.2) is 0 Å². The Bertz CT molecular complexity index is 1090. The normalized spacial score (nSPS) is 15.6. The molecule has 0 spiro atoms. The maximum absolute atomic E-state index is 13.5. The Morgan fingerprint density at radius 3 is 2.61 bits per heavy atom. The highest BCUT2D eigenvalue weighted by Crippen LogP contribution is 2.36. The highest BCUT2D eigenvalue weighted by molar-refractivity contribution is 5.90. The highest BCUT2D eigenvalue weighted by Gasteiger charge is 2.43. The Morgan fingerprint density at radius 2 is 1.90 bits per heavy atom. The number of fused-ring (bicyclic) bond motifs is 1. The van der Waals surface area contributed by atoms with Gasteiger partial charge in [-0.15, -0.1) is 0 Å². The molecule has 3 aromatic rings. The molecule has 2 aromatic carbocycles. The second-order valence-corrected chi connectivity index (χ2v) is 8.35. The van der Waals surface area contributed by atoms with Gasteiger partial charge in [0.2, 0.25) is 11.8 Å². The number of nitrogens with one attached hydrogen (secondary N) is 2. The van der Waals surface area contributed by atoms with E-state index in [1.165, 1.54) is 22.6 Å². The van der Waals surface area contributed by atoms with Crippen molar-refractivity contribution >= 4 is 22.7 Å². The lowest BCUT2D eigenvalue weighted by molar-refractivity contribution is -0.133. The molecule has 0 radical (unpaired) electrons. The molecule has 0 bridgehead atoms. The number of aromatic nitrogens is 1. The largest absolute Gasteiger partial charge is 0.361 e. The summed E-state index contributed by atoms with van der Waals surface area (Å²) in [5.41, 5.74) is 3.95. The van der Waals surface area contributed by atoms with Gasteiger partial charge in [0.25, 0.3) is 0 Å². The first-order valence-corrected chi connectivity index (χ1v) is 10.9. The van der Waals surface area contributed by atoms with Crippen LogP contribution in [-0.2, 0) is 21.4 Å². The van der Waals surface area contributed by atoms with Crippen molar-refractivity contribution in [1.29, 1.82) is 0 Å². The van der Waals surface area contributed by atoms with E-state index in [0.29, 0.717) is 32.5 Å². The maximum Gasteiger partial charge on any atom is 0.245 e. The number of amides is 2. The predicted molar refractivity (Wildman–Crippen MR) is 124 cm³/mol. The van der Waals surface area contributed by atoms with Crippen LogP contribution < -0.4 is 5.32 Å². The lowest BCUT2D eigenvalue weighted by Crippen LogP contribution is -2.52. The topological polar surface area (TPSA) is 65.2 Å². The molecule has 0 aliphatic carbocycles. The van der Waals surface area contributed by atoms with Crippen molar-refractivity contribution in [2.75, 3.05) is 19.6 Å². The van der Waals surface area contributed by atoms with Crippen molar-refractivity contribution < 1.29 is 9.59 Å². The maximum atomic E-state index is 13.5. The number of hydrogen-bond donors (Lipinski definition) is 2. The van der Waals surface area contributed by atoms with Crippen LogP contribution in [0.25, 0.3) is 10.9 Å². The monoisotopic (exact) mass is 415 g/mol. The number of likely N-dealkylation sites (tertiary alicyclic amines) is 1. The first kappa shape index (κ1) is 20.9. The van der Waals surface area contributed by atoms with Crippen LogP contribution in [-0.4, -0.2) is 41.3 Å². The van der Waals surface area contributed by atoms with E-state index in [1.54, 1.807) is 4.90 Å². The van der Waals surface area contributed by atoms with Crippen LogP contribution in [0.4, 0.5) is 0 Å². The zero-order valence-corrected chi connectivity index (χ0v) is 18.0. The minimum atomic E-state index is -0.615. The lowest BCUT2D eigenvalue weighted by Gasteiger charge is -2.40. The number of aryl methyl sites for hydroxylation is 1. The number of H-pyrrole nitrogens is 1. The van der Waals surface area contributed by atoms with Gasteiger partial charge in [-0.2, -0.15) is 0 Å². The smallest absolute Gasteiger partial charge is 0.245 e. The molecule has 1 aromatic heterocycles. The van der Waals surface area contributed by atoms with Crippen molar-refractivity contribution in [2.24, 2.45) is 0 Å². The van der Waals surface area contributed by atoms with Crippen LogP contribution in [0, 0.1) is 6.92 Å². The average molecular weight is 416 g/mol. The SMILES string of the molecule is C=CC(=O)N1CCC(C(=O)NCCc2c[nH]c3ccc(C)cc23)(c2ccccc2)CC1. The summed E-state index contributed by atoms with van der Waals surface area (Å²) in [7, 11) is 0. The van der Waals surface area contributed by atoms with E-state index in [4.69, 9.17) is 0 Å². The first-order chi connectivity index (χ1) is 15.0. The summed E-state index contributed by atoms with van der Waals surface area (Å²) in [6, 6.07) is 16.3. The molecule has 2 heterocycles. The van der Waals surface area contributed by atoms with Gasteiger partial charge in [-0.05, 0) is 55.5 Å². The van der Waals surface area contributed by atoms with Crippen LogP contribution in [0.1, 0.15) is 29.5 Å². The van der Waals surface area contributed by atoms with Crippen LogP contribution >= 0.6 is 0 Å². The van der Waals surface area contributed by atoms with Gasteiger partial charge >= 0.3 is 0 Å². The van der Waals surface area contributed by atoms with Gasteiger partial charge in [0.1, 0.15) is 0 Å². The standard InChI is InChI=1S/C26H29N3O2/c1-3-24(30)29-15-12-26(13-16-29,21-7-5-4-6-8-21)25(31)27-14-11-20-18-28-23-10-9-19(2)17-22(20)23/h3-10,17-18,28H,1,11-16H2,2H3,(H,27,31). The van der Waals surface area contributed by atoms with Gasteiger partial charge < -0.3 is 15.2 Å². The van der Waals surface area contributed by atoms with E-state index in [2.05, 4.69) is 42.0 Å². The van der Waals surface area contributed by atoms with Gasteiger partial charge in [0, 0.05) is 36.7 Å². The molecule has 5 nitrogen and oxygen atoms in total. The second kappa shape index (κ2) is 8.80. The fourth-order valence-electron chi connectivity index (χ4n) is 4.62. The summed E-state index contributed by atoms with van der Waals surface area (Å²) in [5, 5.41) is 4.40. The predicted octanol–water partition coefficient (Wildman–Crippen LogP) is 3.88. The fourth-order valence-corrected chi connectivity index (χ4v) is 4.62. The first-order valence-electron chi connectivity index (χ1n) is 10.9. The molecule has 2 N–H and O–H groups in total. The van der Waals surface area contributed by atoms with Gasteiger partial charge in [0.05, 0.1) is 5.41 Å². The highest BCUT2D eigenvalue weighted by atomic mass is 16.2. The summed E-state index contributed by atoms with van der Waals surface area (Å²) >= 11 is 0. The lowest BCUT2D eigenvalue weighted by atomic mass is 9.72. The van der Waals surface area contributed by atoms with Crippen molar-refractivity contribution in [3.63, 3.8) is 0 Å². The second-order valence-electron chi connectivity index (χ2n) is 8.35. The number of benzene rings is 2. The molecule has 5 heteroatoms. The van der Waals surface area contributed by atoms with Gasteiger partial charge in [-0.3, -0.25) is 9.59 Å². The number of rotatable bonds is 6. The molecule has 160 valence electrons. The van der Waals surface area contributed by atoms with Crippen molar-refractivity contribution in [2.45, 2.75) is 31.6 Å². The molecule has 4 rings (SSSR count). The Kier molecular flexibility index (Phi) is 5.94. The van der Waals surface area contributed by atoms with Gasteiger partial charge in [-0.1, -0.05) is 48.5 Å². The van der Waals surface area contributed by atoms with Crippen molar-refractivity contribution in [1.82, 2.24) is 15.2 Å². The quantitative estimate of drug-likeness (QED) is 0.600. The summed E-state index contributed by atoms with van der Waals surface area (Å²) in [6.45, 7) is 7.35. The Balaban J connectivity index is 1.48. The van der Waals surface area contributed by atoms with E-state index in [1.807, 2.05) is 36.5 Å². The zero-order chi connectivity index (χ0) is 21.8. The summed E-state index contributed by atoms with van der Waals surface area (Å²) in [4.78, 5) is 30.6. The molecule has 0 saturated carbocycles. The minimum absolute atomic E-state index is 0.0421. The third-order valence-electron chi connectivity index (χ3n) is 6.47. The third kappa shape index (κ3) is 4.13. The van der Waals surface area contributed by atoms with E-state index in [9.17, 15) is 9.59 Å². The Labute approximate surface area is 183 Å². The number of piperidine rings is 1. The van der Waals surface area contributed by atoms with E-state index in [-0.39, 0.29) is 11.8 Å².